The molecule has 330 valence electrons. The number of carbonyl (C=O) groups is 1. The van der Waals surface area contributed by atoms with E-state index in [1.54, 1.807) is 42.6 Å². The van der Waals surface area contributed by atoms with Crippen LogP contribution in [0.3, 0.4) is 0 Å². The number of aliphatic hydroxyl groups excluding tert-OH is 2. The van der Waals surface area contributed by atoms with E-state index in [2.05, 4.69) is 15.6 Å². The van der Waals surface area contributed by atoms with E-state index in [4.69, 9.17) is 14.5 Å². The lowest BCUT2D eigenvalue weighted by atomic mass is 9.58. The highest BCUT2D eigenvalue weighted by Gasteiger charge is 2.57. The van der Waals surface area contributed by atoms with E-state index in [9.17, 15) is 30.6 Å². The van der Waals surface area contributed by atoms with Crippen LogP contribution in [0.4, 0.5) is 11.5 Å². The van der Waals surface area contributed by atoms with Crippen LogP contribution in [-0.4, -0.2) is 86.4 Å². The van der Waals surface area contributed by atoms with Crippen molar-refractivity contribution < 1.29 is 44.9 Å². The summed E-state index contributed by atoms with van der Waals surface area (Å²) in [5, 5.41) is 76.4. The molecule has 3 heterocycles. The molecule has 0 amide bonds. The molecule has 1 aliphatic heterocycles. The quantitative estimate of drug-likeness (QED) is 0.0582. The van der Waals surface area contributed by atoms with Crippen LogP contribution in [0.1, 0.15) is 71.9 Å². The second kappa shape index (κ2) is 18.2. The number of aromatic nitrogens is 2. The standard InChI is InChI=1S/C50H56N4O9/c1-51-27-32-20-30(31-23-43(60)49(61)45(24-31)63-3)22-42(59)48(41(58)13-7-28-6-12-40(57)44(19-28)62-2)50(16-14-39(56)37(50)26-34-5-4-17-52-34)33-15-18-53-46(25-33)54-38-11-8-29-21-35(55)9-10-36(29)47(32)38/h4-6,8-12,15,17-19,21,23-25,30,32,37,39,41,48,51-52,55-58,60-61H,7,13-14,16,20,22,26-27H2,1-3H3,(H,53,54). The van der Waals surface area contributed by atoms with Gasteiger partial charge < -0.3 is 55.7 Å². The summed E-state index contributed by atoms with van der Waals surface area (Å²) in [6.07, 6.45) is 3.57. The Labute approximate surface area is 366 Å². The van der Waals surface area contributed by atoms with E-state index in [1.165, 1.54) is 20.3 Å². The molecule has 2 aliphatic rings. The maximum Gasteiger partial charge on any atom is 0.200 e. The highest BCUT2D eigenvalue weighted by atomic mass is 16.5. The first-order valence-corrected chi connectivity index (χ1v) is 21.5. The van der Waals surface area contributed by atoms with Crippen molar-refractivity contribution >= 4 is 28.1 Å². The van der Waals surface area contributed by atoms with Crippen molar-refractivity contribution in [3.8, 4) is 34.5 Å². The van der Waals surface area contributed by atoms with Crippen molar-refractivity contribution in [2.24, 2.45) is 11.8 Å². The molecule has 4 aromatic carbocycles. The number of phenols is 4. The lowest BCUT2D eigenvalue weighted by Gasteiger charge is -2.45. The fourth-order valence-corrected chi connectivity index (χ4v) is 10.7. The van der Waals surface area contributed by atoms with Crippen molar-refractivity contribution in [1.82, 2.24) is 15.3 Å². The number of hydrogen-bond acceptors (Lipinski definition) is 12. The normalized spacial score (nSPS) is 23.0. The molecule has 0 radical (unpaired) electrons. The lowest BCUT2D eigenvalue weighted by molar-refractivity contribution is -0.132. The van der Waals surface area contributed by atoms with Crippen LogP contribution >= 0.6 is 0 Å². The van der Waals surface area contributed by atoms with Gasteiger partial charge in [-0.1, -0.05) is 18.2 Å². The van der Waals surface area contributed by atoms with Crippen LogP contribution in [0.15, 0.2) is 97.3 Å². The first kappa shape index (κ1) is 43.4. The van der Waals surface area contributed by atoms with Crippen molar-refractivity contribution in [3.63, 3.8) is 0 Å². The van der Waals surface area contributed by atoms with Crippen molar-refractivity contribution in [2.45, 2.75) is 74.4 Å². The van der Waals surface area contributed by atoms with Crippen LogP contribution < -0.4 is 20.1 Å². The molecule has 63 heavy (non-hydrogen) atoms. The Morgan fingerprint density at radius 2 is 1.76 bits per heavy atom. The van der Waals surface area contributed by atoms with Crippen LogP contribution in [0.25, 0.3) is 10.8 Å². The minimum atomic E-state index is -1.20. The molecule has 13 nitrogen and oxygen atoms in total. The number of aliphatic hydroxyl groups is 2. The number of aromatic hydroxyl groups is 4. The Morgan fingerprint density at radius 1 is 0.937 bits per heavy atom. The number of fused-ring (bicyclic) bond motifs is 6. The summed E-state index contributed by atoms with van der Waals surface area (Å²) >= 11 is 0. The van der Waals surface area contributed by atoms with Gasteiger partial charge >= 0.3 is 0 Å². The van der Waals surface area contributed by atoms with Gasteiger partial charge in [0, 0.05) is 48.1 Å². The number of carbonyl (C=O) groups excluding carboxylic acids is 1. The maximum absolute atomic E-state index is 16.0. The Morgan fingerprint density at radius 3 is 2.52 bits per heavy atom. The molecule has 6 aromatic rings. The van der Waals surface area contributed by atoms with E-state index >= 15 is 4.79 Å². The van der Waals surface area contributed by atoms with E-state index in [0.29, 0.717) is 55.8 Å². The van der Waals surface area contributed by atoms with Crippen LogP contribution in [0, 0.1) is 11.8 Å². The number of benzene rings is 4. The Kier molecular flexibility index (Phi) is 12.5. The third kappa shape index (κ3) is 8.48. The molecule has 1 saturated carbocycles. The number of pyridine rings is 1. The zero-order valence-electron chi connectivity index (χ0n) is 35.7. The van der Waals surface area contributed by atoms with Crippen LogP contribution in [-0.2, 0) is 23.1 Å². The van der Waals surface area contributed by atoms with Gasteiger partial charge in [-0.15, -0.1) is 0 Å². The Bertz CT molecular complexity index is 2580. The number of methoxy groups -OCH3 is 2. The van der Waals surface area contributed by atoms with Crippen LogP contribution in [0.2, 0.25) is 0 Å². The number of Topliss-reactive ketones (excluding diaryl/α,β-unsaturated/α-hetero) is 1. The number of aromatic amines is 1. The number of anilines is 2. The number of nitrogens with one attached hydrogen (secondary N) is 3. The summed E-state index contributed by atoms with van der Waals surface area (Å²) in [6, 6.07) is 25.1. The Balaban J connectivity index is 1.35. The number of rotatable bonds is 11. The average Bonchev–Trinajstić information content (AvgIpc) is 3.91. The predicted molar refractivity (Wildman–Crippen MR) is 240 cm³/mol. The SMILES string of the molecule is CNCC1CC(c2cc(O)c(O)c(OC)c2)CC(=O)C(C(O)CCc2ccc(O)c(OC)c2)C2(CCC(O)C2Cc2ccc[nH]2)c2ccnc(c2)Nc2ccc3cc(O)ccc3c21. The third-order valence-electron chi connectivity index (χ3n) is 13.6. The predicted octanol–water partition coefficient (Wildman–Crippen LogP) is 7.46. The largest absolute Gasteiger partial charge is 0.508 e. The van der Waals surface area contributed by atoms with Gasteiger partial charge in [0.2, 0.25) is 5.75 Å². The highest BCUT2D eigenvalue weighted by molar-refractivity contribution is 5.93. The molecule has 9 N–H and O–H groups in total. The van der Waals surface area contributed by atoms with E-state index in [-0.39, 0.29) is 41.8 Å². The van der Waals surface area contributed by atoms with Gasteiger partial charge in [-0.05, 0) is 157 Å². The van der Waals surface area contributed by atoms with E-state index in [0.717, 1.165) is 38.8 Å². The second-order valence-electron chi connectivity index (χ2n) is 17.2. The molecule has 7 atom stereocenters. The maximum atomic E-state index is 16.0. The van der Waals surface area contributed by atoms with Gasteiger partial charge in [0.1, 0.15) is 17.4 Å². The molecule has 13 heteroatoms. The van der Waals surface area contributed by atoms with Gasteiger partial charge in [-0.2, -0.15) is 0 Å². The van der Waals surface area contributed by atoms with Gasteiger partial charge in [0.15, 0.2) is 23.0 Å². The first-order chi connectivity index (χ1) is 30.4. The van der Waals surface area contributed by atoms with Gasteiger partial charge in [-0.3, -0.25) is 4.79 Å². The van der Waals surface area contributed by atoms with E-state index < -0.39 is 46.9 Å². The van der Waals surface area contributed by atoms with Crippen molar-refractivity contribution in [2.75, 3.05) is 33.1 Å². The number of ketones is 1. The second-order valence-corrected chi connectivity index (χ2v) is 17.2. The van der Waals surface area contributed by atoms with Crippen LogP contribution in [0.5, 0.6) is 34.5 Å². The summed E-state index contributed by atoms with van der Waals surface area (Å²) in [4.78, 5) is 24.1. The van der Waals surface area contributed by atoms with Crippen molar-refractivity contribution in [3.05, 3.63) is 125 Å². The molecule has 0 saturated heterocycles. The monoisotopic (exact) mass is 856 g/mol. The van der Waals surface area contributed by atoms with Gasteiger partial charge in [0.25, 0.3) is 0 Å². The number of nitrogens with zero attached hydrogens (tertiary/aromatic N) is 1. The summed E-state index contributed by atoms with van der Waals surface area (Å²) in [5.41, 5.74) is 3.63. The summed E-state index contributed by atoms with van der Waals surface area (Å²) in [7, 11) is 4.74. The highest BCUT2D eigenvalue weighted by Crippen LogP contribution is 2.56. The molecule has 8 rings (SSSR count). The molecular weight excluding hydrogens is 801 g/mol. The summed E-state index contributed by atoms with van der Waals surface area (Å²) in [6.45, 7) is 0.477. The summed E-state index contributed by atoms with van der Waals surface area (Å²) in [5.74, 6) is -2.42. The fourth-order valence-electron chi connectivity index (χ4n) is 10.7. The molecule has 1 spiro atoms. The zero-order chi connectivity index (χ0) is 44.4. The molecule has 1 aliphatic carbocycles. The first-order valence-electron chi connectivity index (χ1n) is 21.5. The minimum absolute atomic E-state index is 0.00632. The summed E-state index contributed by atoms with van der Waals surface area (Å²) < 4.78 is 10.9. The topological polar surface area (TPSA) is 210 Å². The fraction of sp³-hybridized carbons (Fsp3) is 0.360. The molecule has 2 aromatic heterocycles. The number of ether oxygens (including phenoxy) is 2. The van der Waals surface area contributed by atoms with Gasteiger partial charge in [-0.25, -0.2) is 4.98 Å². The lowest BCUT2D eigenvalue weighted by Crippen LogP contribution is -2.51. The number of likely N-dealkylation sites (N-methyl/N-ethyl adjacent to an activating group) is 1. The molecule has 7 unspecified atom stereocenters. The molecular formula is C50H56N4O9. The third-order valence-corrected chi connectivity index (χ3v) is 13.6. The smallest absolute Gasteiger partial charge is 0.200 e. The number of phenolic OH excluding ortho intramolecular Hbond substituents is 4. The number of aryl methyl sites for hydroxylation is 1. The zero-order valence-corrected chi connectivity index (χ0v) is 35.7. The van der Waals surface area contributed by atoms with Gasteiger partial charge in [0.05, 0.1) is 32.3 Å². The average molecular weight is 857 g/mol. The van der Waals surface area contributed by atoms with Crippen molar-refractivity contribution in [1.29, 1.82) is 0 Å². The molecule has 2 bridgehead atoms. The Hall–Kier alpha value is -6.28. The minimum Gasteiger partial charge on any atom is -0.508 e. The number of hydrogen-bond donors (Lipinski definition) is 9. The number of H-pyrrole nitrogens is 1. The van der Waals surface area contributed by atoms with E-state index in [1.807, 2.05) is 55.7 Å². The molecule has 1 fully saturated rings.